The van der Waals surface area contributed by atoms with Crippen molar-refractivity contribution in [2.75, 3.05) is 28.6 Å². The van der Waals surface area contributed by atoms with Crippen LogP contribution in [0.4, 0.5) is 11.4 Å². The third-order valence-electron chi connectivity index (χ3n) is 7.83. The summed E-state index contributed by atoms with van der Waals surface area (Å²) in [7, 11) is -4.24. The number of aromatic nitrogens is 2. The lowest BCUT2D eigenvalue weighted by molar-refractivity contribution is -0.670. The van der Waals surface area contributed by atoms with E-state index in [9.17, 15) is 13.0 Å². The summed E-state index contributed by atoms with van der Waals surface area (Å²) in [6, 6.07) is 12.0. The van der Waals surface area contributed by atoms with Crippen LogP contribution in [0, 0.1) is 0 Å². The molecule has 0 bridgehead atoms. The number of nitrogens with zero attached hydrogens (tertiary/aromatic N) is 4. The molecule has 1 aliphatic heterocycles. The van der Waals surface area contributed by atoms with Crippen molar-refractivity contribution >= 4 is 61.8 Å². The van der Waals surface area contributed by atoms with E-state index in [1.165, 1.54) is 11.1 Å². The molecule has 7 nitrogen and oxygen atoms in total. The van der Waals surface area contributed by atoms with Crippen molar-refractivity contribution in [2.45, 2.75) is 79.3 Å². The van der Waals surface area contributed by atoms with Crippen molar-refractivity contribution in [3.8, 4) is 0 Å². The van der Waals surface area contributed by atoms with Crippen LogP contribution in [-0.4, -0.2) is 36.4 Å². The molecule has 228 valence electrons. The van der Waals surface area contributed by atoms with Gasteiger partial charge in [-0.25, -0.2) is 17.6 Å². The maximum Gasteiger partial charge on any atom is 0.282 e. The van der Waals surface area contributed by atoms with Crippen LogP contribution in [-0.2, 0) is 23.2 Å². The fraction of sp³-hybridized carbons (Fsp3) is 0.469. The average Bonchev–Trinajstić information content (AvgIpc) is 3.40. The van der Waals surface area contributed by atoms with Gasteiger partial charge < -0.3 is 14.4 Å². The van der Waals surface area contributed by atoms with Gasteiger partial charge in [-0.1, -0.05) is 43.5 Å². The predicted octanol–water partition coefficient (Wildman–Crippen LogP) is 7.75. The summed E-state index contributed by atoms with van der Waals surface area (Å²) < 4.78 is 38.4. The van der Waals surface area contributed by atoms with Gasteiger partial charge in [0, 0.05) is 41.0 Å². The second kappa shape index (κ2) is 14.3. The summed E-state index contributed by atoms with van der Waals surface area (Å²) in [4.78, 5) is 4.47. The number of benzene rings is 2. The number of unbranched alkanes of at least 4 members (excludes halogenated alkanes) is 3. The van der Waals surface area contributed by atoms with Crippen LogP contribution in [0.3, 0.4) is 0 Å². The van der Waals surface area contributed by atoms with Gasteiger partial charge in [0.1, 0.15) is 5.82 Å². The smallest absolute Gasteiger partial charge is 0.282 e. The van der Waals surface area contributed by atoms with Gasteiger partial charge in [-0.3, -0.25) is 0 Å². The summed E-state index contributed by atoms with van der Waals surface area (Å²) in [5.41, 5.74) is 5.53. The maximum absolute atomic E-state index is 11.2. The Bertz CT molecular complexity index is 1580. The Hall–Kier alpha value is -2.52. The van der Waals surface area contributed by atoms with Gasteiger partial charge in [-0.05, 0) is 87.9 Å². The molecule has 0 unspecified atom stereocenters. The van der Waals surface area contributed by atoms with Crippen LogP contribution in [0.15, 0.2) is 53.9 Å². The van der Waals surface area contributed by atoms with Crippen LogP contribution < -0.4 is 14.4 Å². The minimum atomic E-state index is -4.24. The number of allylic oxidation sites excluding steroid dienone is 2. The highest BCUT2D eigenvalue weighted by atomic mass is 35.5. The van der Waals surface area contributed by atoms with Crippen LogP contribution in [0.1, 0.15) is 72.0 Å². The van der Waals surface area contributed by atoms with Crippen molar-refractivity contribution in [1.29, 1.82) is 0 Å². The molecule has 3 aromatic rings. The fourth-order valence-corrected chi connectivity index (χ4v) is 6.65. The van der Waals surface area contributed by atoms with Gasteiger partial charge >= 0.3 is 0 Å². The molecular formula is C32H42Cl2N4O3S. The maximum atomic E-state index is 11.2. The third-order valence-corrected chi connectivity index (χ3v) is 9.08. The summed E-state index contributed by atoms with van der Waals surface area (Å²) >= 11 is 12.9. The molecule has 2 aromatic carbocycles. The van der Waals surface area contributed by atoms with Crippen molar-refractivity contribution in [3.05, 3.63) is 69.7 Å². The van der Waals surface area contributed by atoms with Gasteiger partial charge in [0.15, 0.2) is 11.0 Å². The molecule has 10 heteroatoms. The topological polar surface area (TPSA) is 72.5 Å². The van der Waals surface area contributed by atoms with E-state index in [0.29, 0.717) is 24.4 Å². The Balaban J connectivity index is 1.81. The van der Waals surface area contributed by atoms with Gasteiger partial charge in [0.2, 0.25) is 0 Å². The summed E-state index contributed by atoms with van der Waals surface area (Å²) in [5, 5.41) is 1.37. The van der Waals surface area contributed by atoms with Crippen LogP contribution in [0.2, 0.25) is 10.0 Å². The normalized spacial score (nSPS) is 14.9. The molecular weight excluding hydrogens is 591 g/mol. The lowest BCUT2D eigenvalue weighted by Crippen LogP contribution is -2.35. The number of fused-ring (bicyclic) bond motifs is 2. The Morgan fingerprint density at radius 3 is 2.29 bits per heavy atom. The molecule has 1 aromatic heterocycles. The lowest BCUT2D eigenvalue weighted by Gasteiger charge is -2.25. The molecule has 0 aliphatic carbocycles. The molecule has 4 rings (SSSR count). The van der Waals surface area contributed by atoms with Crippen molar-refractivity contribution in [2.24, 2.45) is 0 Å². The summed E-state index contributed by atoms with van der Waals surface area (Å²) in [5.74, 6) is 1.81. The Kier molecular flexibility index (Phi) is 11.0. The Labute approximate surface area is 260 Å². The first-order valence-electron chi connectivity index (χ1n) is 15.0. The van der Waals surface area contributed by atoms with Crippen molar-refractivity contribution in [3.63, 3.8) is 0 Å². The largest absolute Gasteiger partial charge is 0.748 e. The van der Waals surface area contributed by atoms with Crippen LogP contribution >= 0.6 is 23.2 Å². The molecule has 2 heterocycles. The van der Waals surface area contributed by atoms with Crippen molar-refractivity contribution in [1.82, 2.24) is 4.57 Å². The standard InChI is InChI=1S/C32H42Cl2N4O3S/c1-5-9-10-17-37-29-22-25(33)13-15-27(29)35(7-3)31(37)20-24(6-2)21-32-36(8-4)28-16-14-26(34)23-30(28)38(32)18-11-12-19-42(39,40)41/h13-16,20-23H,5-12,17-19H2,1-4H3. The van der Waals surface area contributed by atoms with Gasteiger partial charge in [0.25, 0.3) is 5.82 Å². The zero-order chi connectivity index (χ0) is 30.4. The molecule has 0 saturated carbocycles. The highest BCUT2D eigenvalue weighted by Crippen LogP contribution is 2.43. The van der Waals surface area contributed by atoms with E-state index in [-0.39, 0.29) is 5.75 Å². The van der Waals surface area contributed by atoms with Gasteiger partial charge in [-0.2, -0.15) is 0 Å². The second-order valence-corrected chi connectivity index (χ2v) is 13.1. The minimum absolute atomic E-state index is 0.311. The lowest BCUT2D eigenvalue weighted by atomic mass is 10.1. The average molecular weight is 634 g/mol. The number of anilines is 2. The van der Waals surface area contributed by atoms with E-state index in [4.69, 9.17) is 23.2 Å². The zero-order valence-electron chi connectivity index (χ0n) is 25.1. The third kappa shape index (κ3) is 7.33. The van der Waals surface area contributed by atoms with E-state index in [0.717, 1.165) is 78.9 Å². The molecule has 0 fully saturated rings. The van der Waals surface area contributed by atoms with Gasteiger partial charge in [-0.15, -0.1) is 0 Å². The molecule has 0 amide bonds. The fourth-order valence-electron chi connectivity index (χ4n) is 5.76. The summed E-state index contributed by atoms with van der Waals surface area (Å²) in [6.07, 6.45) is 9.63. The first-order chi connectivity index (χ1) is 20.1. The number of imidazole rings is 1. The minimum Gasteiger partial charge on any atom is -0.748 e. The van der Waals surface area contributed by atoms with E-state index in [1.807, 2.05) is 24.3 Å². The highest BCUT2D eigenvalue weighted by Gasteiger charge is 2.31. The molecule has 0 N–H and O–H groups in total. The molecule has 42 heavy (non-hydrogen) atoms. The number of hydrogen-bond donors (Lipinski definition) is 0. The number of hydrogen-bond acceptors (Lipinski definition) is 5. The summed E-state index contributed by atoms with van der Waals surface area (Å²) in [6.45, 7) is 11.8. The SMILES string of the molecule is CCCCCn1c(C=C(C=C2N(CC)c3ccc(Cl)cc3N2CCCCS(=O)(=O)[O-])CC)[n+](CC)c2ccc(Cl)cc21. The van der Waals surface area contributed by atoms with E-state index < -0.39 is 10.1 Å². The Morgan fingerprint density at radius 1 is 0.905 bits per heavy atom. The first kappa shape index (κ1) is 32.4. The monoisotopic (exact) mass is 632 g/mol. The highest BCUT2D eigenvalue weighted by molar-refractivity contribution is 7.85. The number of halogens is 2. The number of rotatable bonds is 14. The molecule has 0 saturated heterocycles. The molecule has 0 atom stereocenters. The van der Waals surface area contributed by atoms with Crippen LogP contribution in [0.25, 0.3) is 17.1 Å². The quantitative estimate of drug-likeness (QED) is 0.103. The van der Waals surface area contributed by atoms with Crippen molar-refractivity contribution < 1.29 is 17.5 Å². The predicted molar refractivity (Wildman–Crippen MR) is 174 cm³/mol. The van der Waals surface area contributed by atoms with Crippen LogP contribution in [0.5, 0.6) is 0 Å². The van der Waals surface area contributed by atoms with E-state index >= 15 is 0 Å². The molecule has 0 radical (unpaired) electrons. The zero-order valence-corrected chi connectivity index (χ0v) is 27.4. The van der Waals surface area contributed by atoms with E-state index in [2.05, 4.69) is 70.9 Å². The van der Waals surface area contributed by atoms with E-state index in [1.54, 1.807) is 0 Å². The molecule has 1 aliphatic rings. The first-order valence-corrected chi connectivity index (χ1v) is 17.4. The second-order valence-electron chi connectivity index (χ2n) is 10.7. The van der Waals surface area contributed by atoms with Gasteiger partial charge in [0.05, 0.1) is 34.6 Å². The number of aryl methyl sites for hydroxylation is 2. The molecule has 0 spiro atoms. The Morgan fingerprint density at radius 2 is 1.62 bits per heavy atom.